The van der Waals surface area contributed by atoms with Crippen molar-refractivity contribution in [1.82, 2.24) is 9.88 Å². The molecule has 1 unspecified atom stereocenters. The second-order valence-electron chi connectivity index (χ2n) is 4.37. The number of aromatic nitrogens is 1. The summed E-state index contributed by atoms with van der Waals surface area (Å²) in [6.45, 7) is 5.44. The Morgan fingerprint density at radius 2 is 2.12 bits per heavy atom. The van der Waals surface area contributed by atoms with Crippen LogP contribution in [0.15, 0.2) is 30.5 Å². The molecule has 0 amide bonds. The lowest BCUT2D eigenvalue weighted by Crippen LogP contribution is -2.09. The molecule has 2 nitrogen and oxygen atoms in total. The number of benzene rings is 1. The molecule has 1 aromatic carbocycles. The normalized spacial score (nSPS) is 13.2. The quantitative estimate of drug-likeness (QED) is 0.829. The topological polar surface area (TPSA) is 17.0 Å². The third-order valence-corrected chi connectivity index (χ3v) is 3.26. The summed E-state index contributed by atoms with van der Waals surface area (Å²) in [6.07, 6.45) is 3.37. The molecule has 1 N–H and O–H groups in total. The molecule has 16 heavy (non-hydrogen) atoms. The second kappa shape index (κ2) is 4.71. The van der Waals surface area contributed by atoms with Crippen molar-refractivity contribution >= 4 is 10.9 Å². The van der Waals surface area contributed by atoms with Crippen molar-refractivity contribution in [3.63, 3.8) is 0 Å². The Labute approximate surface area is 97.3 Å². The minimum atomic E-state index is 0.565. The summed E-state index contributed by atoms with van der Waals surface area (Å²) in [7, 11) is 2.00. The Balaban J connectivity index is 2.58. The van der Waals surface area contributed by atoms with Crippen molar-refractivity contribution in [2.45, 2.75) is 32.9 Å². The van der Waals surface area contributed by atoms with E-state index in [-0.39, 0.29) is 0 Å². The fourth-order valence-electron chi connectivity index (χ4n) is 2.19. The van der Waals surface area contributed by atoms with Gasteiger partial charge < -0.3 is 9.88 Å². The number of hydrogen-bond donors (Lipinski definition) is 1. The van der Waals surface area contributed by atoms with Crippen LogP contribution in [0.3, 0.4) is 0 Å². The smallest absolute Gasteiger partial charge is 0.0528 e. The summed E-state index contributed by atoms with van der Waals surface area (Å²) < 4.78 is 2.39. The molecule has 2 heteroatoms. The minimum absolute atomic E-state index is 0.565. The van der Waals surface area contributed by atoms with Gasteiger partial charge in [0.2, 0.25) is 0 Å². The lowest BCUT2D eigenvalue weighted by atomic mass is 10.1. The highest BCUT2D eigenvalue weighted by Crippen LogP contribution is 2.25. The van der Waals surface area contributed by atoms with E-state index in [1.54, 1.807) is 0 Å². The Morgan fingerprint density at radius 3 is 2.81 bits per heavy atom. The van der Waals surface area contributed by atoms with Gasteiger partial charge in [-0.1, -0.05) is 25.1 Å². The monoisotopic (exact) mass is 216 g/mol. The second-order valence-corrected chi connectivity index (χ2v) is 4.37. The molecule has 2 rings (SSSR count). The van der Waals surface area contributed by atoms with E-state index in [1.165, 1.54) is 16.5 Å². The maximum Gasteiger partial charge on any atom is 0.0528 e. The highest BCUT2D eigenvalue weighted by molar-refractivity contribution is 5.83. The van der Waals surface area contributed by atoms with Crippen molar-refractivity contribution < 1.29 is 0 Å². The van der Waals surface area contributed by atoms with Gasteiger partial charge in [-0.15, -0.1) is 0 Å². The van der Waals surface area contributed by atoms with Gasteiger partial charge in [0.05, 0.1) is 5.52 Å². The molecule has 0 aliphatic heterocycles. The van der Waals surface area contributed by atoms with Gasteiger partial charge in [0.1, 0.15) is 0 Å². The van der Waals surface area contributed by atoms with Gasteiger partial charge in [-0.3, -0.25) is 0 Å². The number of rotatable bonds is 4. The largest absolute Gasteiger partial charge is 0.344 e. The number of fused-ring (bicyclic) bond motifs is 1. The predicted molar refractivity (Wildman–Crippen MR) is 69.7 cm³/mol. The molecule has 0 saturated carbocycles. The summed E-state index contributed by atoms with van der Waals surface area (Å²) in [6, 6.07) is 9.30. The van der Waals surface area contributed by atoms with E-state index in [0.29, 0.717) is 6.04 Å². The third-order valence-electron chi connectivity index (χ3n) is 3.26. The number of hydrogen-bond acceptors (Lipinski definition) is 1. The fraction of sp³-hybridized carbons (Fsp3) is 0.429. The molecule has 0 aliphatic carbocycles. The van der Waals surface area contributed by atoms with Gasteiger partial charge in [0.25, 0.3) is 0 Å². The van der Waals surface area contributed by atoms with E-state index in [0.717, 1.165) is 13.0 Å². The van der Waals surface area contributed by atoms with Crippen molar-refractivity contribution in [2.75, 3.05) is 7.05 Å². The van der Waals surface area contributed by atoms with Crippen LogP contribution in [0, 0.1) is 0 Å². The van der Waals surface area contributed by atoms with E-state index in [4.69, 9.17) is 0 Å². The summed E-state index contributed by atoms with van der Waals surface area (Å²) in [5.74, 6) is 0. The van der Waals surface area contributed by atoms with E-state index in [9.17, 15) is 0 Å². The van der Waals surface area contributed by atoms with Gasteiger partial charge in [0.15, 0.2) is 0 Å². The van der Waals surface area contributed by atoms with Gasteiger partial charge in [-0.25, -0.2) is 0 Å². The van der Waals surface area contributed by atoms with Crippen LogP contribution in [0.25, 0.3) is 10.9 Å². The van der Waals surface area contributed by atoms with Crippen molar-refractivity contribution in [1.29, 1.82) is 0 Å². The van der Waals surface area contributed by atoms with Crippen molar-refractivity contribution in [2.24, 2.45) is 0 Å². The van der Waals surface area contributed by atoms with E-state index in [2.05, 4.69) is 54.2 Å². The average molecular weight is 216 g/mol. The van der Waals surface area contributed by atoms with Gasteiger partial charge in [0, 0.05) is 18.8 Å². The van der Waals surface area contributed by atoms with Gasteiger partial charge >= 0.3 is 0 Å². The highest BCUT2D eigenvalue weighted by atomic mass is 15.0. The molecule has 0 saturated heterocycles. The first-order valence-corrected chi connectivity index (χ1v) is 6.01. The standard InChI is InChI=1S/C14H20N2/c1-4-11(2)16-9-8-12-6-5-7-13(10-15-3)14(12)16/h5-9,11,15H,4,10H2,1-3H3. The van der Waals surface area contributed by atoms with Crippen LogP contribution in [0.1, 0.15) is 31.9 Å². The van der Waals surface area contributed by atoms with Crippen LogP contribution in [0.4, 0.5) is 0 Å². The molecule has 1 aromatic heterocycles. The lowest BCUT2D eigenvalue weighted by molar-refractivity contribution is 0.546. The SMILES string of the molecule is CCC(C)n1ccc2cccc(CNC)c21. The molecular weight excluding hydrogens is 196 g/mol. The molecular formula is C14H20N2. The zero-order chi connectivity index (χ0) is 11.5. The molecule has 2 aromatic rings. The Bertz CT molecular complexity index is 471. The first-order chi connectivity index (χ1) is 7.77. The first kappa shape index (κ1) is 11.2. The van der Waals surface area contributed by atoms with Crippen LogP contribution < -0.4 is 5.32 Å². The fourth-order valence-corrected chi connectivity index (χ4v) is 2.19. The summed E-state index contributed by atoms with van der Waals surface area (Å²) in [5, 5.41) is 4.58. The summed E-state index contributed by atoms with van der Waals surface area (Å²) in [4.78, 5) is 0. The van der Waals surface area contributed by atoms with E-state index < -0.39 is 0 Å². The molecule has 1 atom stereocenters. The molecule has 0 fully saturated rings. The molecule has 1 heterocycles. The number of para-hydroxylation sites is 1. The average Bonchev–Trinajstić information content (AvgIpc) is 2.73. The van der Waals surface area contributed by atoms with Gasteiger partial charge in [-0.2, -0.15) is 0 Å². The van der Waals surface area contributed by atoms with Crippen LogP contribution >= 0.6 is 0 Å². The van der Waals surface area contributed by atoms with Gasteiger partial charge in [-0.05, 0) is 37.4 Å². The molecule has 0 aliphatic rings. The molecule has 0 radical (unpaired) electrons. The van der Waals surface area contributed by atoms with Crippen LogP contribution in [0.5, 0.6) is 0 Å². The zero-order valence-corrected chi connectivity index (χ0v) is 10.3. The van der Waals surface area contributed by atoms with Crippen molar-refractivity contribution in [3.8, 4) is 0 Å². The molecule has 86 valence electrons. The lowest BCUT2D eigenvalue weighted by Gasteiger charge is -2.15. The predicted octanol–water partition coefficient (Wildman–Crippen LogP) is 3.33. The highest BCUT2D eigenvalue weighted by Gasteiger charge is 2.09. The Kier molecular flexibility index (Phi) is 3.30. The summed E-state index contributed by atoms with van der Waals surface area (Å²) >= 11 is 0. The van der Waals surface area contributed by atoms with Crippen molar-refractivity contribution in [3.05, 3.63) is 36.0 Å². The maximum atomic E-state index is 3.24. The van der Waals surface area contributed by atoms with Crippen LogP contribution in [-0.2, 0) is 6.54 Å². The Hall–Kier alpha value is -1.28. The number of nitrogens with one attached hydrogen (secondary N) is 1. The first-order valence-electron chi connectivity index (χ1n) is 6.01. The van der Waals surface area contributed by atoms with E-state index in [1.807, 2.05) is 7.05 Å². The minimum Gasteiger partial charge on any atom is -0.344 e. The third kappa shape index (κ3) is 1.85. The number of nitrogens with zero attached hydrogens (tertiary/aromatic N) is 1. The Morgan fingerprint density at radius 1 is 1.31 bits per heavy atom. The van der Waals surface area contributed by atoms with E-state index >= 15 is 0 Å². The summed E-state index contributed by atoms with van der Waals surface area (Å²) in [5.41, 5.74) is 2.76. The zero-order valence-electron chi connectivity index (χ0n) is 10.3. The molecule has 0 spiro atoms. The molecule has 0 bridgehead atoms. The maximum absolute atomic E-state index is 3.24. The van der Waals surface area contributed by atoms with Crippen LogP contribution in [-0.4, -0.2) is 11.6 Å². The van der Waals surface area contributed by atoms with Crippen LogP contribution in [0.2, 0.25) is 0 Å².